The topological polar surface area (TPSA) is 46.2 Å². The number of amides is 1. The van der Waals surface area contributed by atoms with E-state index in [4.69, 9.17) is 0 Å². The van der Waals surface area contributed by atoms with Gasteiger partial charge in [0.2, 0.25) is 5.91 Å². The van der Waals surface area contributed by atoms with Gasteiger partial charge in [-0.05, 0) is 25.3 Å². The van der Waals surface area contributed by atoms with Crippen molar-refractivity contribution in [1.82, 2.24) is 5.32 Å². The van der Waals surface area contributed by atoms with Crippen molar-refractivity contribution in [3.8, 4) is 0 Å². The first-order valence-electron chi connectivity index (χ1n) is 8.06. The molecule has 0 unspecified atom stereocenters. The average Bonchev–Trinajstić information content (AvgIpc) is 2.56. The Kier molecular flexibility index (Phi) is 6.84. The van der Waals surface area contributed by atoms with Gasteiger partial charge in [0.15, 0.2) is 0 Å². The van der Waals surface area contributed by atoms with Crippen LogP contribution in [0.25, 0.3) is 6.08 Å². The predicted molar refractivity (Wildman–Crippen MR) is 93.0 cm³/mol. The van der Waals surface area contributed by atoms with Crippen molar-refractivity contribution in [2.24, 2.45) is 0 Å². The molecule has 3 nitrogen and oxygen atoms in total. The van der Waals surface area contributed by atoms with E-state index in [0.29, 0.717) is 5.75 Å². The molecule has 0 heterocycles. The highest BCUT2D eigenvalue weighted by molar-refractivity contribution is 7.86. The summed E-state index contributed by atoms with van der Waals surface area (Å²) in [6.45, 7) is 1.75. The standard InChI is InChI=1S/C18H25NO2S/c1-15(18(20)19-17-12-6-3-7-13-17)22(21)14-8-11-16-9-4-2-5-10-16/h2,4-5,8-11,15,17H,3,6-7,12-14H2,1H3,(H,19,20)/b11-8+/t15-,22-/m0/s1. The Morgan fingerprint density at radius 2 is 1.95 bits per heavy atom. The van der Waals surface area contributed by atoms with Crippen LogP contribution in [0.3, 0.4) is 0 Å². The Labute approximate surface area is 135 Å². The summed E-state index contributed by atoms with van der Waals surface area (Å²) < 4.78 is 12.2. The lowest BCUT2D eigenvalue weighted by atomic mass is 9.95. The molecule has 4 heteroatoms. The van der Waals surface area contributed by atoms with Gasteiger partial charge in [-0.3, -0.25) is 9.00 Å². The number of benzene rings is 1. The molecule has 1 aliphatic carbocycles. The number of rotatable bonds is 6. The summed E-state index contributed by atoms with van der Waals surface area (Å²) in [6.07, 6.45) is 9.57. The second-order valence-electron chi connectivity index (χ2n) is 5.85. The van der Waals surface area contributed by atoms with Gasteiger partial charge in [0.25, 0.3) is 0 Å². The molecule has 2 rings (SSSR count). The van der Waals surface area contributed by atoms with Crippen molar-refractivity contribution in [2.75, 3.05) is 5.75 Å². The molecule has 1 fully saturated rings. The van der Waals surface area contributed by atoms with E-state index >= 15 is 0 Å². The van der Waals surface area contributed by atoms with Crippen molar-refractivity contribution in [2.45, 2.75) is 50.3 Å². The van der Waals surface area contributed by atoms with Crippen molar-refractivity contribution in [3.63, 3.8) is 0 Å². The van der Waals surface area contributed by atoms with E-state index in [-0.39, 0.29) is 11.9 Å². The minimum atomic E-state index is -1.17. The van der Waals surface area contributed by atoms with Gasteiger partial charge in [0.1, 0.15) is 5.25 Å². The number of carbonyl (C=O) groups excluding carboxylic acids is 1. The van der Waals surface area contributed by atoms with Crippen LogP contribution in [-0.2, 0) is 15.6 Å². The Balaban J connectivity index is 1.78. The Bertz CT molecular complexity index is 521. The molecule has 0 spiro atoms. The highest BCUT2D eigenvalue weighted by Gasteiger charge is 2.22. The first-order chi connectivity index (χ1) is 10.7. The summed E-state index contributed by atoms with van der Waals surface area (Å²) in [4.78, 5) is 12.2. The summed E-state index contributed by atoms with van der Waals surface area (Å²) >= 11 is 0. The van der Waals surface area contributed by atoms with E-state index in [1.807, 2.05) is 42.5 Å². The first-order valence-corrected chi connectivity index (χ1v) is 9.44. The van der Waals surface area contributed by atoms with Gasteiger partial charge in [0, 0.05) is 22.6 Å². The third-order valence-electron chi connectivity index (χ3n) is 4.09. The van der Waals surface area contributed by atoms with Crippen LogP contribution in [0.2, 0.25) is 0 Å². The zero-order valence-electron chi connectivity index (χ0n) is 13.2. The zero-order chi connectivity index (χ0) is 15.8. The van der Waals surface area contributed by atoms with Gasteiger partial charge in [-0.25, -0.2) is 0 Å². The summed E-state index contributed by atoms with van der Waals surface area (Å²) in [6, 6.07) is 10.2. The highest BCUT2D eigenvalue weighted by Crippen LogP contribution is 2.17. The molecule has 120 valence electrons. The molecule has 2 atom stereocenters. The van der Waals surface area contributed by atoms with Crippen molar-refractivity contribution in [3.05, 3.63) is 42.0 Å². The molecule has 0 aromatic heterocycles. The van der Waals surface area contributed by atoms with E-state index in [0.717, 1.165) is 18.4 Å². The molecule has 1 N–H and O–H groups in total. The van der Waals surface area contributed by atoms with Crippen LogP contribution in [0.1, 0.15) is 44.6 Å². The quantitative estimate of drug-likeness (QED) is 0.874. The lowest BCUT2D eigenvalue weighted by Gasteiger charge is -2.24. The molecule has 0 aliphatic heterocycles. The number of carbonyl (C=O) groups is 1. The molecular weight excluding hydrogens is 294 g/mol. The van der Waals surface area contributed by atoms with Crippen molar-refractivity contribution < 1.29 is 9.00 Å². The van der Waals surface area contributed by atoms with Crippen molar-refractivity contribution in [1.29, 1.82) is 0 Å². The fourth-order valence-corrected chi connectivity index (χ4v) is 3.55. The maximum Gasteiger partial charge on any atom is 0.235 e. The monoisotopic (exact) mass is 319 g/mol. The number of hydrogen-bond donors (Lipinski definition) is 1. The Morgan fingerprint density at radius 1 is 1.27 bits per heavy atom. The van der Waals surface area contributed by atoms with Crippen LogP contribution < -0.4 is 5.32 Å². The van der Waals surface area contributed by atoms with E-state index in [1.165, 1.54) is 19.3 Å². The van der Waals surface area contributed by atoms with E-state index in [2.05, 4.69) is 5.32 Å². The zero-order valence-corrected chi connectivity index (χ0v) is 14.0. The molecule has 1 aromatic rings. The van der Waals surface area contributed by atoms with Crippen LogP contribution in [-0.4, -0.2) is 27.2 Å². The highest BCUT2D eigenvalue weighted by atomic mass is 32.2. The van der Waals surface area contributed by atoms with Crippen LogP contribution in [0.4, 0.5) is 0 Å². The van der Waals surface area contributed by atoms with Crippen LogP contribution in [0.15, 0.2) is 36.4 Å². The molecule has 1 aromatic carbocycles. The second-order valence-corrected chi connectivity index (χ2v) is 7.65. The minimum Gasteiger partial charge on any atom is -0.352 e. The molecule has 0 bridgehead atoms. The third-order valence-corrected chi connectivity index (χ3v) is 5.61. The molecule has 1 amide bonds. The number of hydrogen-bond acceptors (Lipinski definition) is 2. The van der Waals surface area contributed by atoms with Gasteiger partial charge in [-0.2, -0.15) is 0 Å². The molecule has 0 saturated heterocycles. The van der Waals surface area contributed by atoms with Gasteiger partial charge >= 0.3 is 0 Å². The molecule has 0 radical (unpaired) electrons. The van der Waals surface area contributed by atoms with Crippen LogP contribution in [0, 0.1) is 0 Å². The average molecular weight is 319 g/mol. The van der Waals surface area contributed by atoms with E-state index in [9.17, 15) is 9.00 Å². The van der Waals surface area contributed by atoms with Gasteiger partial charge < -0.3 is 5.32 Å². The lowest BCUT2D eigenvalue weighted by Crippen LogP contribution is -2.43. The summed E-state index contributed by atoms with van der Waals surface area (Å²) in [5, 5.41) is 2.60. The van der Waals surface area contributed by atoms with Gasteiger partial charge in [0.05, 0.1) is 0 Å². The maximum absolute atomic E-state index is 12.2. The first kappa shape index (κ1) is 16.9. The molecule has 1 aliphatic rings. The fourth-order valence-electron chi connectivity index (χ4n) is 2.67. The second kappa shape index (κ2) is 8.89. The summed E-state index contributed by atoms with van der Waals surface area (Å²) in [7, 11) is -1.17. The maximum atomic E-state index is 12.2. The predicted octanol–water partition coefficient (Wildman–Crippen LogP) is 3.29. The summed E-state index contributed by atoms with van der Waals surface area (Å²) in [5.41, 5.74) is 1.08. The Hall–Kier alpha value is -1.42. The fraction of sp³-hybridized carbons (Fsp3) is 0.500. The van der Waals surface area contributed by atoms with Gasteiger partial charge in [-0.1, -0.05) is 61.7 Å². The smallest absolute Gasteiger partial charge is 0.235 e. The summed E-state index contributed by atoms with van der Waals surface area (Å²) in [5.74, 6) is 0.340. The van der Waals surface area contributed by atoms with Crippen LogP contribution >= 0.6 is 0 Å². The largest absolute Gasteiger partial charge is 0.352 e. The van der Waals surface area contributed by atoms with Gasteiger partial charge in [-0.15, -0.1) is 0 Å². The third kappa shape index (κ3) is 5.41. The number of nitrogens with one attached hydrogen (secondary N) is 1. The SMILES string of the molecule is C[C@@H](C(=O)NC1CCCCC1)[S@@](=O)C/C=C/c1ccccc1. The molecule has 1 saturated carbocycles. The van der Waals surface area contributed by atoms with E-state index in [1.54, 1.807) is 6.92 Å². The van der Waals surface area contributed by atoms with E-state index < -0.39 is 16.0 Å². The Morgan fingerprint density at radius 3 is 2.64 bits per heavy atom. The van der Waals surface area contributed by atoms with Crippen molar-refractivity contribution >= 4 is 22.8 Å². The molecular formula is C18H25NO2S. The lowest BCUT2D eigenvalue weighted by molar-refractivity contribution is -0.121. The molecule has 22 heavy (non-hydrogen) atoms. The minimum absolute atomic E-state index is 0.0710. The normalized spacial score (nSPS) is 19.0. The van der Waals surface area contributed by atoms with Crippen LogP contribution in [0.5, 0.6) is 0 Å².